The van der Waals surface area contributed by atoms with E-state index in [9.17, 15) is 10.4 Å². The molecule has 98 valence electrons. The van der Waals surface area contributed by atoms with Gasteiger partial charge in [0.25, 0.3) is 0 Å². The van der Waals surface area contributed by atoms with Gasteiger partial charge in [0.15, 0.2) is 24.5 Å². The summed E-state index contributed by atoms with van der Waals surface area (Å²) in [4.78, 5) is 0.945. The first kappa shape index (κ1) is 14.0. The zero-order valence-corrected chi connectivity index (χ0v) is 11.5. The summed E-state index contributed by atoms with van der Waals surface area (Å²) in [5, 5.41) is 40.7. The number of aromatic nitrogens is 2. The van der Waals surface area contributed by atoms with E-state index < -0.39 is 0 Å². The SMILES string of the molecule is N#Cc1c(SSc2ccc[n+]([O-])c2C#N)ccc[n+]1[O-]. The summed E-state index contributed by atoms with van der Waals surface area (Å²) in [5.41, 5.74) is -0.0381. The van der Waals surface area contributed by atoms with E-state index in [1.54, 1.807) is 12.1 Å². The summed E-state index contributed by atoms with van der Waals surface area (Å²) in [5.74, 6) is 0. The predicted molar refractivity (Wildman–Crippen MR) is 71.9 cm³/mol. The monoisotopic (exact) mass is 302 g/mol. The molecule has 0 fully saturated rings. The minimum absolute atomic E-state index is 0.0190. The average Bonchev–Trinajstić information content (AvgIpc) is 2.45. The van der Waals surface area contributed by atoms with Gasteiger partial charge in [0.05, 0.1) is 0 Å². The molecule has 0 saturated heterocycles. The lowest BCUT2D eigenvalue weighted by molar-refractivity contribution is -0.610. The quantitative estimate of drug-likeness (QED) is 0.483. The zero-order valence-electron chi connectivity index (χ0n) is 9.89. The molecule has 2 aromatic rings. The van der Waals surface area contributed by atoms with Gasteiger partial charge < -0.3 is 10.4 Å². The molecular weight excluding hydrogens is 296 g/mol. The van der Waals surface area contributed by atoms with Crippen LogP contribution in [0.15, 0.2) is 46.5 Å². The Morgan fingerprint density at radius 2 is 1.25 bits per heavy atom. The predicted octanol–water partition coefficient (Wildman–Crippen LogP) is 1.50. The molecule has 0 aliphatic rings. The van der Waals surface area contributed by atoms with Crippen LogP contribution in [0.1, 0.15) is 11.4 Å². The first-order chi connectivity index (χ1) is 9.67. The number of hydrogen-bond acceptors (Lipinski definition) is 6. The van der Waals surface area contributed by atoms with E-state index in [1.165, 1.54) is 24.5 Å². The van der Waals surface area contributed by atoms with Gasteiger partial charge in [0.1, 0.15) is 9.79 Å². The highest BCUT2D eigenvalue weighted by atomic mass is 33.1. The molecular formula is C12H6N4O2S2. The molecule has 0 saturated carbocycles. The molecule has 2 rings (SSSR count). The molecule has 0 unspecified atom stereocenters. The molecule has 6 nitrogen and oxygen atoms in total. The maximum Gasteiger partial charge on any atom is 0.309 e. The van der Waals surface area contributed by atoms with Crippen molar-refractivity contribution in [3.8, 4) is 12.1 Å². The lowest BCUT2D eigenvalue weighted by atomic mass is 10.4. The second-order valence-electron chi connectivity index (χ2n) is 3.48. The van der Waals surface area contributed by atoms with Crippen LogP contribution in [0.25, 0.3) is 0 Å². The number of hydrogen-bond donors (Lipinski definition) is 0. The lowest BCUT2D eigenvalue weighted by Gasteiger charge is -2.05. The smallest absolute Gasteiger partial charge is 0.309 e. The molecule has 8 heteroatoms. The van der Waals surface area contributed by atoms with Gasteiger partial charge in [-0.15, -0.1) is 0 Å². The third-order valence-corrected chi connectivity index (χ3v) is 4.71. The first-order valence-corrected chi connectivity index (χ1v) is 7.41. The van der Waals surface area contributed by atoms with Crippen LogP contribution >= 0.6 is 21.6 Å². The molecule has 0 atom stereocenters. The van der Waals surface area contributed by atoms with Crippen LogP contribution < -0.4 is 9.46 Å². The molecule has 20 heavy (non-hydrogen) atoms. The number of pyridine rings is 2. The van der Waals surface area contributed by atoms with Crippen LogP contribution in [0, 0.1) is 33.1 Å². The van der Waals surface area contributed by atoms with Crippen molar-refractivity contribution in [3.63, 3.8) is 0 Å². The Bertz CT molecular complexity index is 674. The Labute approximate surface area is 122 Å². The Morgan fingerprint density at radius 1 is 0.850 bits per heavy atom. The number of rotatable bonds is 3. The van der Waals surface area contributed by atoms with Gasteiger partial charge in [-0.3, -0.25) is 0 Å². The summed E-state index contributed by atoms with van der Waals surface area (Å²) in [6.45, 7) is 0. The summed E-state index contributed by atoms with van der Waals surface area (Å²) >= 11 is 0. The number of nitriles is 2. The average molecular weight is 302 g/mol. The van der Waals surface area contributed by atoms with E-state index in [1.807, 2.05) is 12.1 Å². The Kier molecular flexibility index (Phi) is 4.31. The van der Waals surface area contributed by atoms with Gasteiger partial charge in [0.2, 0.25) is 0 Å². The third-order valence-electron chi connectivity index (χ3n) is 2.28. The second kappa shape index (κ2) is 6.15. The highest BCUT2D eigenvalue weighted by Crippen LogP contribution is 2.38. The maximum absolute atomic E-state index is 11.4. The van der Waals surface area contributed by atoms with Gasteiger partial charge in [-0.2, -0.15) is 20.0 Å². The topological polar surface area (TPSA) is 101 Å². The molecule has 0 spiro atoms. The van der Waals surface area contributed by atoms with Crippen LogP contribution in [0.4, 0.5) is 0 Å². The summed E-state index contributed by atoms with van der Waals surface area (Å²) < 4.78 is 0.958. The van der Waals surface area contributed by atoms with Gasteiger partial charge >= 0.3 is 11.4 Å². The summed E-state index contributed by atoms with van der Waals surface area (Å²) in [6, 6.07) is 9.97. The van der Waals surface area contributed by atoms with Crippen LogP contribution in [-0.4, -0.2) is 0 Å². The fourth-order valence-electron chi connectivity index (χ4n) is 1.37. The molecule has 0 radical (unpaired) electrons. The van der Waals surface area contributed by atoms with Crippen LogP contribution in [0.3, 0.4) is 0 Å². The molecule has 0 aliphatic heterocycles. The Hall–Kier alpha value is -2.42. The fraction of sp³-hybridized carbons (Fsp3) is 0. The minimum Gasteiger partial charge on any atom is -0.618 e. The summed E-state index contributed by atoms with van der Waals surface area (Å²) in [6.07, 6.45) is 2.48. The van der Waals surface area contributed by atoms with Gasteiger partial charge in [-0.05, 0) is 33.7 Å². The normalized spacial score (nSPS) is 9.70. The van der Waals surface area contributed by atoms with E-state index in [0.29, 0.717) is 19.3 Å². The molecule has 0 amide bonds. The standard InChI is InChI=1S/C12H6N4O2S2/c13-7-9-11(3-1-5-15(9)17)19-20-12-4-2-6-16(18)10(12)8-14/h1-6H. The first-order valence-electron chi connectivity index (χ1n) is 5.26. The van der Waals surface area contributed by atoms with Gasteiger partial charge in [0, 0.05) is 12.1 Å². The van der Waals surface area contributed by atoms with Crippen molar-refractivity contribution in [2.75, 3.05) is 0 Å². The zero-order chi connectivity index (χ0) is 14.5. The molecule has 0 aromatic carbocycles. The Balaban J connectivity index is 2.27. The maximum atomic E-state index is 11.4. The molecule has 2 heterocycles. The van der Waals surface area contributed by atoms with E-state index in [-0.39, 0.29) is 11.4 Å². The van der Waals surface area contributed by atoms with E-state index in [0.717, 1.165) is 21.6 Å². The summed E-state index contributed by atoms with van der Waals surface area (Å²) in [7, 11) is 2.29. The van der Waals surface area contributed by atoms with Crippen molar-refractivity contribution < 1.29 is 9.46 Å². The third kappa shape index (κ3) is 2.77. The largest absolute Gasteiger partial charge is 0.618 e. The Morgan fingerprint density at radius 3 is 1.60 bits per heavy atom. The van der Waals surface area contributed by atoms with E-state index in [4.69, 9.17) is 10.5 Å². The van der Waals surface area contributed by atoms with Crippen molar-refractivity contribution in [2.45, 2.75) is 9.79 Å². The van der Waals surface area contributed by atoms with Crippen LogP contribution in [0.5, 0.6) is 0 Å². The van der Waals surface area contributed by atoms with Crippen molar-refractivity contribution >= 4 is 21.6 Å². The van der Waals surface area contributed by atoms with Gasteiger partial charge in [-0.1, -0.05) is 0 Å². The van der Waals surface area contributed by atoms with Crippen molar-refractivity contribution in [1.82, 2.24) is 0 Å². The van der Waals surface area contributed by atoms with Gasteiger partial charge in [-0.25, -0.2) is 0 Å². The molecule has 0 N–H and O–H groups in total. The van der Waals surface area contributed by atoms with Crippen molar-refractivity contribution in [3.05, 3.63) is 58.5 Å². The molecule has 0 aliphatic carbocycles. The minimum atomic E-state index is -0.0190. The highest BCUT2D eigenvalue weighted by molar-refractivity contribution is 8.76. The van der Waals surface area contributed by atoms with E-state index in [2.05, 4.69) is 0 Å². The van der Waals surface area contributed by atoms with Crippen LogP contribution in [0.2, 0.25) is 0 Å². The molecule has 0 bridgehead atoms. The van der Waals surface area contributed by atoms with Crippen molar-refractivity contribution in [1.29, 1.82) is 10.5 Å². The molecule has 2 aromatic heterocycles. The fourth-order valence-corrected chi connectivity index (χ4v) is 3.60. The van der Waals surface area contributed by atoms with E-state index >= 15 is 0 Å². The van der Waals surface area contributed by atoms with Crippen LogP contribution in [-0.2, 0) is 0 Å². The van der Waals surface area contributed by atoms with Crippen molar-refractivity contribution in [2.24, 2.45) is 0 Å². The number of nitrogens with zero attached hydrogens (tertiary/aromatic N) is 4. The second-order valence-corrected chi connectivity index (χ2v) is 5.70. The lowest BCUT2D eigenvalue weighted by Crippen LogP contribution is -2.30. The highest BCUT2D eigenvalue weighted by Gasteiger charge is 2.16.